The summed E-state index contributed by atoms with van der Waals surface area (Å²) in [6.07, 6.45) is 0.800. The lowest BCUT2D eigenvalue weighted by Gasteiger charge is -2.13. The van der Waals surface area contributed by atoms with Gasteiger partial charge < -0.3 is 10.1 Å². The molecule has 1 N–H and O–H groups in total. The van der Waals surface area contributed by atoms with Gasteiger partial charge >= 0.3 is 5.97 Å². The first-order valence-electron chi connectivity index (χ1n) is 8.51. The number of aryl methyl sites for hydroxylation is 1. The SMILES string of the molecule is C[C@H](OC(=O)CCCc1nc2ccccc2s1)C(=O)Nc1ccccc1. The van der Waals surface area contributed by atoms with Crippen LogP contribution in [0.15, 0.2) is 54.6 Å². The lowest BCUT2D eigenvalue weighted by atomic mass is 10.2. The van der Waals surface area contributed by atoms with Crippen molar-refractivity contribution in [3.05, 3.63) is 59.6 Å². The summed E-state index contributed by atoms with van der Waals surface area (Å²) in [7, 11) is 0. The molecule has 0 aliphatic carbocycles. The molecule has 0 fully saturated rings. The molecule has 0 bridgehead atoms. The highest BCUT2D eigenvalue weighted by molar-refractivity contribution is 7.18. The smallest absolute Gasteiger partial charge is 0.306 e. The molecule has 6 heteroatoms. The molecule has 0 radical (unpaired) electrons. The normalized spacial score (nSPS) is 11.9. The fraction of sp³-hybridized carbons (Fsp3) is 0.250. The molecule has 0 aliphatic heterocycles. The van der Waals surface area contributed by atoms with E-state index in [1.54, 1.807) is 30.4 Å². The van der Waals surface area contributed by atoms with Crippen LogP contribution in [0, 0.1) is 0 Å². The maximum atomic E-state index is 12.0. The third-order valence-electron chi connectivity index (χ3n) is 3.83. The molecule has 3 rings (SSSR count). The van der Waals surface area contributed by atoms with Gasteiger partial charge in [-0.05, 0) is 44.0 Å². The summed E-state index contributed by atoms with van der Waals surface area (Å²) in [4.78, 5) is 28.5. The Balaban J connectivity index is 1.42. The number of carbonyl (C=O) groups excluding carboxylic acids is 2. The van der Waals surface area contributed by atoms with Crippen molar-refractivity contribution in [1.29, 1.82) is 0 Å². The van der Waals surface area contributed by atoms with E-state index in [4.69, 9.17) is 4.74 Å². The van der Waals surface area contributed by atoms with E-state index in [1.807, 2.05) is 42.5 Å². The van der Waals surface area contributed by atoms with Gasteiger partial charge in [0.15, 0.2) is 6.10 Å². The molecule has 134 valence electrons. The Morgan fingerprint density at radius 3 is 2.62 bits per heavy atom. The Morgan fingerprint density at radius 1 is 1.12 bits per heavy atom. The zero-order valence-corrected chi connectivity index (χ0v) is 15.3. The standard InChI is InChI=1S/C20H20N2O3S/c1-14(20(24)21-15-8-3-2-4-9-15)25-19(23)13-7-12-18-22-16-10-5-6-11-17(16)26-18/h2-6,8-11,14H,7,12-13H2,1H3,(H,21,24)/t14-/m0/s1. The van der Waals surface area contributed by atoms with Crippen LogP contribution >= 0.6 is 11.3 Å². The average molecular weight is 368 g/mol. The minimum Gasteiger partial charge on any atom is -0.453 e. The van der Waals surface area contributed by atoms with Crippen LogP contribution in [0.25, 0.3) is 10.2 Å². The van der Waals surface area contributed by atoms with Crippen molar-refractivity contribution in [1.82, 2.24) is 4.98 Å². The highest BCUT2D eigenvalue weighted by Crippen LogP contribution is 2.22. The molecule has 0 unspecified atom stereocenters. The number of carbonyl (C=O) groups is 2. The highest BCUT2D eigenvalue weighted by Gasteiger charge is 2.17. The molecule has 1 aromatic heterocycles. The largest absolute Gasteiger partial charge is 0.453 e. The Morgan fingerprint density at radius 2 is 1.85 bits per heavy atom. The van der Waals surface area contributed by atoms with Gasteiger partial charge in [-0.2, -0.15) is 0 Å². The van der Waals surface area contributed by atoms with Crippen LogP contribution in [0.2, 0.25) is 0 Å². The number of aromatic nitrogens is 1. The van der Waals surface area contributed by atoms with Crippen molar-refractivity contribution >= 4 is 39.1 Å². The summed E-state index contributed by atoms with van der Waals surface area (Å²) in [5, 5.41) is 3.73. The van der Waals surface area contributed by atoms with Crippen molar-refractivity contribution in [3.63, 3.8) is 0 Å². The van der Waals surface area contributed by atoms with Gasteiger partial charge in [0, 0.05) is 12.1 Å². The summed E-state index contributed by atoms with van der Waals surface area (Å²) in [5.41, 5.74) is 1.66. The number of fused-ring (bicyclic) bond motifs is 1. The van der Waals surface area contributed by atoms with Gasteiger partial charge in [0.25, 0.3) is 5.91 Å². The van der Waals surface area contributed by atoms with Gasteiger partial charge in [0.05, 0.1) is 15.2 Å². The molecule has 3 aromatic rings. The first-order chi connectivity index (χ1) is 12.6. The molecule has 2 aromatic carbocycles. The van der Waals surface area contributed by atoms with Gasteiger partial charge in [0.2, 0.25) is 0 Å². The van der Waals surface area contributed by atoms with Crippen molar-refractivity contribution in [2.45, 2.75) is 32.3 Å². The average Bonchev–Trinajstić information content (AvgIpc) is 3.05. The Labute approximate surface area is 156 Å². The number of anilines is 1. The minimum atomic E-state index is -0.829. The first-order valence-corrected chi connectivity index (χ1v) is 9.33. The number of nitrogens with zero attached hydrogens (tertiary/aromatic N) is 1. The molecule has 0 spiro atoms. The molecule has 1 atom stereocenters. The highest BCUT2D eigenvalue weighted by atomic mass is 32.1. The van der Waals surface area contributed by atoms with Crippen LogP contribution in [0.5, 0.6) is 0 Å². The quantitative estimate of drug-likeness (QED) is 0.635. The number of ether oxygens (including phenoxy) is 1. The lowest BCUT2D eigenvalue weighted by Crippen LogP contribution is -2.29. The maximum absolute atomic E-state index is 12.0. The number of thiazole rings is 1. The summed E-state index contributed by atoms with van der Waals surface area (Å²) in [6.45, 7) is 1.57. The summed E-state index contributed by atoms with van der Waals surface area (Å²) in [6, 6.07) is 17.1. The van der Waals surface area contributed by atoms with E-state index in [-0.39, 0.29) is 18.3 Å². The van der Waals surface area contributed by atoms with E-state index < -0.39 is 6.10 Å². The predicted molar refractivity (Wildman–Crippen MR) is 103 cm³/mol. The monoisotopic (exact) mass is 368 g/mol. The Bertz CT molecular complexity index is 859. The van der Waals surface area contributed by atoms with Crippen molar-refractivity contribution in [3.8, 4) is 0 Å². The molecule has 1 amide bonds. The molecular formula is C20H20N2O3S. The van der Waals surface area contributed by atoms with Gasteiger partial charge in [0.1, 0.15) is 0 Å². The van der Waals surface area contributed by atoms with E-state index in [0.717, 1.165) is 21.6 Å². The summed E-state index contributed by atoms with van der Waals surface area (Å²) in [5.74, 6) is -0.711. The molecule has 0 saturated carbocycles. The second kappa shape index (κ2) is 8.58. The van der Waals surface area contributed by atoms with Crippen LogP contribution in [0.3, 0.4) is 0 Å². The second-order valence-corrected chi connectivity index (χ2v) is 7.03. The van der Waals surface area contributed by atoms with Crippen LogP contribution in [0.4, 0.5) is 5.69 Å². The molecular weight excluding hydrogens is 348 g/mol. The van der Waals surface area contributed by atoms with E-state index in [9.17, 15) is 9.59 Å². The zero-order chi connectivity index (χ0) is 18.4. The third-order valence-corrected chi connectivity index (χ3v) is 4.92. The summed E-state index contributed by atoms with van der Waals surface area (Å²) < 4.78 is 6.36. The molecule has 0 aliphatic rings. The molecule has 0 saturated heterocycles. The van der Waals surface area contributed by atoms with Gasteiger partial charge in [-0.1, -0.05) is 30.3 Å². The summed E-state index contributed by atoms with van der Waals surface area (Å²) >= 11 is 1.64. The minimum absolute atomic E-state index is 0.263. The van der Waals surface area contributed by atoms with Crippen molar-refractivity contribution < 1.29 is 14.3 Å². The number of nitrogens with one attached hydrogen (secondary N) is 1. The number of benzene rings is 2. The van der Waals surface area contributed by atoms with E-state index in [2.05, 4.69) is 10.3 Å². The van der Waals surface area contributed by atoms with Gasteiger partial charge in [-0.15, -0.1) is 11.3 Å². The van der Waals surface area contributed by atoms with Crippen LogP contribution in [0.1, 0.15) is 24.8 Å². The Kier molecular flexibility index (Phi) is 5.96. The van der Waals surface area contributed by atoms with Crippen LogP contribution in [-0.2, 0) is 20.7 Å². The number of hydrogen-bond donors (Lipinski definition) is 1. The third kappa shape index (κ3) is 4.89. The second-order valence-electron chi connectivity index (χ2n) is 5.92. The number of amides is 1. The molecule has 5 nitrogen and oxygen atoms in total. The molecule has 1 heterocycles. The van der Waals surface area contributed by atoms with Gasteiger partial charge in [-0.3, -0.25) is 9.59 Å². The molecule has 26 heavy (non-hydrogen) atoms. The van der Waals surface area contributed by atoms with E-state index in [0.29, 0.717) is 12.1 Å². The maximum Gasteiger partial charge on any atom is 0.306 e. The zero-order valence-electron chi connectivity index (χ0n) is 14.5. The van der Waals surface area contributed by atoms with Gasteiger partial charge in [-0.25, -0.2) is 4.98 Å². The van der Waals surface area contributed by atoms with E-state index >= 15 is 0 Å². The first kappa shape index (κ1) is 18.1. The number of rotatable bonds is 7. The van der Waals surface area contributed by atoms with Crippen LogP contribution in [-0.4, -0.2) is 23.0 Å². The fourth-order valence-corrected chi connectivity index (χ4v) is 3.49. The fourth-order valence-electron chi connectivity index (χ4n) is 2.49. The van der Waals surface area contributed by atoms with E-state index in [1.165, 1.54) is 0 Å². The number of esters is 1. The Hall–Kier alpha value is -2.73. The van der Waals surface area contributed by atoms with Crippen LogP contribution < -0.4 is 5.32 Å². The predicted octanol–water partition coefficient (Wildman–Crippen LogP) is 4.19. The number of para-hydroxylation sites is 2. The topological polar surface area (TPSA) is 68.3 Å². The van der Waals surface area contributed by atoms with Crippen molar-refractivity contribution in [2.75, 3.05) is 5.32 Å². The lowest BCUT2D eigenvalue weighted by molar-refractivity contribution is -0.153. The van der Waals surface area contributed by atoms with Crippen molar-refractivity contribution in [2.24, 2.45) is 0 Å². The number of hydrogen-bond acceptors (Lipinski definition) is 5.